The first-order chi connectivity index (χ1) is 11.0. The first kappa shape index (κ1) is 17.9. The van der Waals surface area contributed by atoms with E-state index in [9.17, 15) is 4.79 Å². The van der Waals surface area contributed by atoms with E-state index in [0.29, 0.717) is 33.8 Å². The molecule has 2 rings (SSSR count). The molecule has 0 aliphatic carbocycles. The molecule has 122 valence electrons. The molecule has 1 amide bonds. The summed E-state index contributed by atoms with van der Waals surface area (Å²) in [6, 6.07) is 12.2. The molecular formula is C17H16Cl3NO2. The molecule has 0 radical (unpaired) electrons. The van der Waals surface area contributed by atoms with Gasteiger partial charge in [0, 0.05) is 16.6 Å². The van der Waals surface area contributed by atoms with E-state index >= 15 is 0 Å². The highest BCUT2D eigenvalue weighted by Gasteiger charge is 2.19. The second-order valence-corrected chi connectivity index (χ2v) is 6.15. The van der Waals surface area contributed by atoms with E-state index in [-0.39, 0.29) is 5.91 Å². The van der Waals surface area contributed by atoms with Gasteiger partial charge in [0.25, 0.3) is 5.91 Å². The predicted molar refractivity (Wildman–Crippen MR) is 94.5 cm³/mol. The number of carbonyl (C=O) groups is 1. The molecule has 2 aromatic rings. The summed E-state index contributed by atoms with van der Waals surface area (Å²) in [6.45, 7) is 2.17. The van der Waals surface area contributed by atoms with Gasteiger partial charge in [-0.2, -0.15) is 0 Å². The molecule has 0 saturated heterocycles. The number of halogens is 3. The number of amides is 1. The molecular weight excluding hydrogens is 357 g/mol. The monoisotopic (exact) mass is 371 g/mol. The SMILES string of the molecule is CCC(Oc1ccccc1Cl)C(=O)NCc1ccc(Cl)cc1Cl. The third kappa shape index (κ3) is 5.03. The van der Waals surface area contributed by atoms with Crippen molar-refractivity contribution < 1.29 is 9.53 Å². The van der Waals surface area contributed by atoms with Crippen molar-refractivity contribution in [2.24, 2.45) is 0 Å². The number of carbonyl (C=O) groups excluding carboxylic acids is 1. The van der Waals surface area contributed by atoms with Gasteiger partial charge in [0.15, 0.2) is 6.10 Å². The van der Waals surface area contributed by atoms with Crippen LogP contribution in [-0.2, 0) is 11.3 Å². The molecule has 1 unspecified atom stereocenters. The third-order valence-electron chi connectivity index (χ3n) is 3.24. The topological polar surface area (TPSA) is 38.3 Å². The van der Waals surface area contributed by atoms with E-state index < -0.39 is 6.10 Å². The van der Waals surface area contributed by atoms with Crippen LogP contribution < -0.4 is 10.1 Å². The van der Waals surface area contributed by atoms with Crippen LogP contribution >= 0.6 is 34.8 Å². The van der Waals surface area contributed by atoms with Crippen LogP contribution in [0, 0.1) is 0 Å². The predicted octanol–water partition coefficient (Wildman–Crippen LogP) is 5.12. The average molecular weight is 373 g/mol. The smallest absolute Gasteiger partial charge is 0.261 e. The number of hydrogen-bond donors (Lipinski definition) is 1. The van der Waals surface area contributed by atoms with E-state index in [0.717, 1.165) is 5.56 Å². The zero-order valence-corrected chi connectivity index (χ0v) is 14.8. The molecule has 23 heavy (non-hydrogen) atoms. The van der Waals surface area contributed by atoms with Gasteiger partial charge < -0.3 is 10.1 Å². The van der Waals surface area contributed by atoms with Crippen LogP contribution in [0.5, 0.6) is 5.75 Å². The largest absolute Gasteiger partial charge is 0.479 e. The van der Waals surface area contributed by atoms with Crippen LogP contribution in [0.25, 0.3) is 0 Å². The van der Waals surface area contributed by atoms with Gasteiger partial charge in [-0.25, -0.2) is 0 Å². The highest BCUT2D eigenvalue weighted by Crippen LogP contribution is 2.25. The maximum Gasteiger partial charge on any atom is 0.261 e. The van der Waals surface area contributed by atoms with Gasteiger partial charge in [-0.3, -0.25) is 4.79 Å². The minimum atomic E-state index is -0.624. The lowest BCUT2D eigenvalue weighted by Gasteiger charge is -2.18. The molecule has 6 heteroatoms. The zero-order valence-electron chi connectivity index (χ0n) is 12.5. The van der Waals surface area contributed by atoms with E-state index in [2.05, 4.69) is 5.32 Å². The molecule has 0 fully saturated rings. The number of ether oxygens (including phenoxy) is 1. The van der Waals surface area contributed by atoms with Crippen molar-refractivity contribution in [1.82, 2.24) is 5.32 Å². The van der Waals surface area contributed by atoms with Crippen LogP contribution in [-0.4, -0.2) is 12.0 Å². The first-order valence-corrected chi connectivity index (χ1v) is 8.27. The molecule has 0 heterocycles. The van der Waals surface area contributed by atoms with Crippen molar-refractivity contribution in [2.45, 2.75) is 26.0 Å². The minimum absolute atomic E-state index is 0.224. The van der Waals surface area contributed by atoms with E-state index in [1.54, 1.807) is 42.5 Å². The fourth-order valence-electron chi connectivity index (χ4n) is 1.98. The van der Waals surface area contributed by atoms with Gasteiger partial charge in [0.2, 0.25) is 0 Å². The standard InChI is InChI=1S/C17H16Cl3NO2/c1-2-15(23-16-6-4-3-5-13(16)19)17(22)21-10-11-7-8-12(18)9-14(11)20/h3-9,15H,2,10H2,1H3,(H,21,22). The highest BCUT2D eigenvalue weighted by molar-refractivity contribution is 6.35. The Morgan fingerprint density at radius 2 is 1.87 bits per heavy atom. The van der Waals surface area contributed by atoms with Gasteiger partial charge in [-0.15, -0.1) is 0 Å². The summed E-state index contributed by atoms with van der Waals surface area (Å²) >= 11 is 18.0. The molecule has 0 aliphatic heterocycles. The van der Waals surface area contributed by atoms with E-state index in [1.807, 2.05) is 6.92 Å². The molecule has 0 saturated carbocycles. The van der Waals surface area contributed by atoms with Crippen molar-refractivity contribution in [1.29, 1.82) is 0 Å². The summed E-state index contributed by atoms with van der Waals surface area (Å²) in [4.78, 5) is 12.3. The fraction of sp³-hybridized carbons (Fsp3) is 0.235. The normalized spacial score (nSPS) is 11.8. The summed E-state index contributed by atoms with van der Waals surface area (Å²) in [5.74, 6) is 0.263. The molecule has 2 aromatic carbocycles. The van der Waals surface area contributed by atoms with Crippen LogP contribution in [0.2, 0.25) is 15.1 Å². The summed E-state index contributed by atoms with van der Waals surface area (Å²) in [5.41, 5.74) is 0.789. The van der Waals surface area contributed by atoms with Crippen molar-refractivity contribution in [2.75, 3.05) is 0 Å². The number of para-hydroxylation sites is 1. The number of nitrogens with one attached hydrogen (secondary N) is 1. The summed E-state index contributed by atoms with van der Waals surface area (Å²) in [7, 11) is 0. The molecule has 0 aromatic heterocycles. The van der Waals surface area contributed by atoms with Gasteiger partial charge in [-0.05, 0) is 36.2 Å². The summed E-state index contributed by atoms with van der Waals surface area (Å²) in [5, 5.41) is 4.35. The van der Waals surface area contributed by atoms with Crippen LogP contribution in [0.1, 0.15) is 18.9 Å². The lowest BCUT2D eigenvalue weighted by Crippen LogP contribution is -2.37. The Bertz CT molecular complexity index is 691. The Kier molecular flexibility index (Phi) is 6.58. The average Bonchev–Trinajstić information content (AvgIpc) is 2.53. The summed E-state index contributed by atoms with van der Waals surface area (Å²) in [6.07, 6.45) is -0.105. The third-order valence-corrected chi connectivity index (χ3v) is 4.14. The van der Waals surface area contributed by atoms with Crippen LogP contribution in [0.3, 0.4) is 0 Å². The van der Waals surface area contributed by atoms with Crippen LogP contribution in [0.4, 0.5) is 0 Å². The maximum absolute atomic E-state index is 12.3. The Morgan fingerprint density at radius 1 is 1.13 bits per heavy atom. The number of rotatable bonds is 6. The molecule has 3 nitrogen and oxygen atoms in total. The van der Waals surface area contributed by atoms with Gasteiger partial charge in [0.1, 0.15) is 5.75 Å². The Labute approximate surface area is 150 Å². The maximum atomic E-state index is 12.3. The first-order valence-electron chi connectivity index (χ1n) is 7.14. The quantitative estimate of drug-likeness (QED) is 0.764. The molecule has 1 N–H and O–H groups in total. The van der Waals surface area contributed by atoms with E-state index in [4.69, 9.17) is 39.5 Å². The van der Waals surface area contributed by atoms with Crippen molar-refractivity contribution in [3.05, 3.63) is 63.1 Å². The van der Waals surface area contributed by atoms with E-state index in [1.165, 1.54) is 0 Å². The second-order valence-electron chi connectivity index (χ2n) is 4.90. The van der Waals surface area contributed by atoms with Gasteiger partial charge >= 0.3 is 0 Å². The highest BCUT2D eigenvalue weighted by atomic mass is 35.5. The summed E-state index contributed by atoms with van der Waals surface area (Å²) < 4.78 is 5.70. The van der Waals surface area contributed by atoms with Crippen molar-refractivity contribution in [3.63, 3.8) is 0 Å². The number of benzene rings is 2. The Balaban J connectivity index is 1.99. The van der Waals surface area contributed by atoms with Gasteiger partial charge in [-0.1, -0.05) is 59.9 Å². The lowest BCUT2D eigenvalue weighted by molar-refractivity contribution is -0.128. The molecule has 1 atom stereocenters. The van der Waals surface area contributed by atoms with Crippen LogP contribution in [0.15, 0.2) is 42.5 Å². The Hall–Kier alpha value is -1.42. The zero-order chi connectivity index (χ0) is 16.8. The molecule has 0 aliphatic rings. The minimum Gasteiger partial charge on any atom is -0.479 e. The van der Waals surface area contributed by atoms with Crippen molar-refractivity contribution in [3.8, 4) is 5.75 Å². The molecule has 0 bridgehead atoms. The van der Waals surface area contributed by atoms with Gasteiger partial charge in [0.05, 0.1) is 5.02 Å². The number of hydrogen-bond acceptors (Lipinski definition) is 2. The van der Waals surface area contributed by atoms with Crippen molar-refractivity contribution >= 4 is 40.7 Å². The fourth-order valence-corrected chi connectivity index (χ4v) is 2.63. The lowest BCUT2D eigenvalue weighted by atomic mass is 10.2. The Morgan fingerprint density at radius 3 is 2.52 bits per heavy atom. The molecule has 0 spiro atoms. The second kappa shape index (κ2) is 8.44.